The highest BCUT2D eigenvalue weighted by atomic mass is 16.2. The molecule has 0 radical (unpaired) electrons. The number of hydrogen-bond acceptors (Lipinski definition) is 3. The SMILES string of the molecule is O=C1NNC(=O)C1CCC(=O)N1CCC(Cc2ccccc2)CC1. The van der Waals surface area contributed by atoms with Gasteiger partial charge in [0.25, 0.3) is 11.8 Å². The molecule has 2 N–H and O–H groups in total. The Morgan fingerprint density at radius 3 is 2.29 bits per heavy atom. The van der Waals surface area contributed by atoms with Crippen molar-refractivity contribution in [1.29, 1.82) is 0 Å². The molecule has 2 heterocycles. The largest absolute Gasteiger partial charge is 0.343 e. The van der Waals surface area contributed by atoms with Gasteiger partial charge in [0.1, 0.15) is 5.92 Å². The third-order valence-electron chi connectivity index (χ3n) is 4.92. The van der Waals surface area contributed by atoms with Crippen molar-refractivity contribution in [2.24, 2.45) is 11.8 Å². The topological polar surface area (TPSA) is 78.5 Å². The van der Waals surface area contributed by atoms with Crippen LogP contribution < -0.4 is 10.9 Å². The first-order valence-electron chi connectivity index (χ1n) is 8.55. The maximum Gasteiger partial charge on any atom is 0.251 e. The summed E-state index contributed by atoms with van der Waals surface area (Å²) < 4.78 is 0. The van der Waals surface area contributed by atoms with E-state index in [1.807, 2.05) is 11.0 Å². The van der Waals surface area contributed by atoms with Gasteiger partial charge < -0.3 is 4.90 Å². The van der Waals surface area contributed by atoms with Crippen LogP contribution in [-0.2, 0) is 20.8 Å². The molecule has 0 aromatic heterocycles. The van der Waals surface area contributed by atoms with E-state index in [2.05, 4.69) is 35.1 Å². The molecule has 1 aromatic carbocycles. The summed E-state index contributed by atoms with van der Waals surface area (Å²) in [6.45, 7) is 1.53. The van der Waals surface area contributed by atoms with Crippen molar-refractivity contribution in [2.45, 2.75) is 32.1 Å². The molecule has 3 amide bonds. The van der Waals surface area contributed by atoms with Gasteiger partial charge in [0.05, 0.1) is 0 Å². The highest BCUT2D eigenvalue weighted by Gasteiger charge is 2.33. The second-order valence-corrected chi connectivity index (χ2v) is 6.58. The Kier molecular flexibility index (Phi) is 5.13. The van der Waals surface area contributed by atoms with Crippen molar-refractivity contribution in [1.82, 2.24) is 15.8 Å². The van der Waals surface area contributed by atoms with E-state index in [1.54, 1.807) is 0 Å². The summed E-state index contributed by atoms with van der Waals surface area (Å²) in [5, 5.41) is 0. The van der Waals surface area contributed by atoms with Gasteiger partial charge in [0.15, 0.2) is 0 Å². The molecule has 3 rings (SSSR count). The Bertz CT molecular complexity index is 593. The van der Waals surface area contributed by atoms with Crippen LogP contribution in [0.3, 0.4) is 0 Å². The zero-order valence-corrected chi connectivity index (χ0v) is 13.7. The Labute approximate surface area is 141 Å². The quantitative estimate of drug-likeness (QED) is 0.792. The number of hydrazine groups is 1. The van der Waals surface area contributed by atoms with Crippen LogP contribution in [0.15, 0.2) is 30.3 Å². The lowest BCUT2D eigenvalue weighted by Crippen LogP contribution is -2.39. The first kappa shape index (κ1) is 16.5. The number of hydrogen-bond donors (Lipinski definition) is 2. The lowest BCUT2D eigenvalue weighted by Gasteiger charge is -2.32. The smallest absolute Gasteiger partial charge is 0.251 e. The molecule has 0 atom stereocenters. The standard InChI is InChI=1S/C18H23N3O3/c22-16(7-6-15-17(23)19-20-18(15)24)21-10-8-14(9-11-21)12-13-4-2-1-3-5-13/h1-5,14-15H,6-12H2,(H,19,23)(H,20,24). The number of carbonyl (C=O) groups excluding carboxylic acids is 3. The fourth-order valence-electron chi connectivity index (χ4n) is 3.44. The van der Waals surface area contributed by atoms with Gasteiger partial charge in [-0.15, -0.1) is 0 Å². The molecule has 0 aliphatic carbocycles. The van der Waals surface area contributed by atoms with Crippen LogP contribution in [0.2, 0.25) is 0 Å². The number of piperidine rings is 1. The monoisotopic (exact) mass is 329 g/mol. The number of likely N-dealkylation sites (tertiary alicyclic amines) is 1. The average Bonchev–Trinajstić information content (AvgIpc) is 2.92. The zero-order valence-electron chi connectivity index (χ0n) is 13.7. The van der Waals surface area contributed by atoms with Crippen LogP contribution in [0.5, 0.6) is 0 Å². The minimum atomic E-state index is -0.732. The summed E-state index contributed by atoms with van der Waals surface area (Å²) in [5.41, 5.74) is 5.92. The van der Waals surface area contributed by atoms with E-state index >= 15 is 0 Å². The molecule has 2 aliphatic heterocycles. The van der Waals surface area contributed by atoms with Crippen molar-refractivity contribution >= 4 is 17.7 Å². The van der Waals surface area contributed by atoms with Crippen LogP contribution in [0, 0.1) is 11.8 Å². The van der Waals surface area contributed by atoms with Gasteiger partial charge in [-0.2, -0.15) is 0 Å². The molecular weight excluding hydrogens is 306 g/mol. The van der Waals surface area contributed by atoms with Gasteiger partial charge in [0.2, 0.25) is 5.91 Å². The van der Waals surface area contributed by atoms with Gasteiger partial charge in [0, 0.05) is 19.5 Å². The van der Waals surface area contributed by atoms with E-state index in [1.165, 1.54) is 5.56 Å². The third kappa shape index (κ3) is 3.93. The second kappa shape index (κ2) is 7.47. The van der Waals surface area contributed by atoms with Crippen LogP contribution in [-0.4, -0.2) is 35.7 Å². The number of nitrogens with one attached hydrogen (secondary N) is 2. The average molecular weight is 329 g/mol. The van der Waals surface area contributed by atoms with Crippen molar-refractivity contribution in [2.75, 3.05) is 13.1 Å². The second-order valence-electron chi connectivity index (χ2n) is 6.58. The van der Waals surface area contributed by atoms with Gasteiger partial charge >= 0.3 is 0 Å². The molecule has 0 saturated carbocycles. The van der Waals surface area contributed by atoms with Gasteiger partial charge in [-0.05, 0) is 37.2 Å². The summed E-state index contributed by atoms with van der Waals surface area (Å²) in [6, 6.07) is 10.4. The van der Waals surface area contributed by atoms with E-state index in [9.17, 15) is 14.4 Å². The van der Waals surface area contributed by atoms with Crippen molar-refractivity contribution in [3.63, 3.8) is 0 Å². The fraction of sp³-hybridized carbons (Fsp3) is 0.500. The molecule has 2 fully saturated rings. The molecule has 0 unspecified atom stereocenters. The third-order valence-corrected chi connectivity index (χ3v) is 4.92. The van der Waals surface area contributed by atoms with Crippen LogP contribution >= 0.6 is 0 Å². The Morgan fingerprint density at radius 1 is 1.04 bits per heavy atom. The minimum Gasteiger partial charge on any atom is -0.343 e. The highest BCUT2D eigenvalue weighted by molar-refractivity contribution is 6.05. The fourth-order valence-corrected chi connectivity index (χ4v) is 3.44. The van der Waals surface area contributed by atoms with E-state index in [0.29, 0.717) is 5.92 Å². The molecular formula is C18H23N3O3. The number of rotatable bonds is 5. The summed E-state index contributed by atoms with van der Waals surface area (Å²) in [4.78, 5) is 37.1. The molecule has 0 spiro atoms. The maximum atomic E-state index is 12.3. The Hall–Kier alpha value is -2.37. The molecule has 6 nitrogen and oxygen atoms in total. The number of amides is 3. The summed E-state index contributed by atoms with van der Waals surface area (Å²) in [5.74, 6) is -0.753. The van der Waals surface area contributed by atoms with Gasteiger partial charge in [-0.3, -0.25) is 25.2 Å². The maximum absolute atomic E-state index is 12.3. The van der Waals surface area contributed by atoms with Crippen molar-refractivity contribution in [3.05, 3.63) is 35.9 Å². The molecule has 2 aliphatic rings. The number of carbonyl (C=O) groups is 3. The predicted molar refractivity (Wildman–Crippen MR) is 88.5 cm³/mol. The minimum absolute atomic E-state index is 0.0423. The molecule has 1 aromatic rings. The van der Waals surface area contributed by atoms with Gasteiger partial charge in [-0.1, -0.05) is 30.3 Å². The predicted octanol–water partition coefficient (Wildman–Crippen LogP) is 1.03. The molecule has 2 saturated heterocycles. The van der Waals surface area contributed by atoms with Crippen molar-refractivity contribution < 1.29 is 14.4 Å². The summed E-state index contributed by atoms with van der Waals surface area (Å²) >= 11 is 0. The first-order valence-corrected chi connectivity index (χ1v) is 8.55. The van der Waals surface area contributed by atoms with Gasteiger partial charge in [-0.25, -0.2) is 0 Å². The molecule has 24 heavy (non-hydrogen) atoms. The van der Waals surface area contributed by atoms with E-state index in [0.717, 1.165) is 32.4 Å². The summed E-state index contributed by atoms with van der Waals surface area (Å²) in [6.07, 6.45) is 3.59. The zero-order chi connectivity index (χ0) is 16.9. The lowest BCUT2D eigenvalue weighted by molar-refractivity contribution is -0.133. The normalized spacial score (nSPS) is 19.2. The number of benzene rings is 1. The molecule has 128 valence electrons. The summed E-state index contributed by atoms with van der Waals surface area (Å²) in [7, 11) is 0. The Balaban J connectivity index is 1.42. The molecule has 0 bridgehead atoms. The van der Waals surface area contributed by atoms with E-state index in [4.69, 9.17) is 0 Å². The van der Waals surface area contributed by atoms with Crippen LogP contribution in [0.25, 0.3) is 0 Å². The first-order chi connectivity index (χ1) is 11.6. The Morgan fingerprint density at radius 2 is 1.67 bits per heavy atom. The highest BCUT2D eigenvalue weighted by Crippen LogP contribution is 2.22. The molecule has 6 heteroatoms. The lowest BCUT2D eigenvalue weighted by atomic mass is 9.90. The van der Waals surface area contributed by atoms with Crippen LogP contribution in [0.1, 0.15) is 31.2 Å². The van der Waals surface area contributed by atoms with E-state index < -0.39 is 5.92 Å². The van der Waals surface area contributed by atoms with E-state index in [-0.39, 0.29) is 30.6 Å². The van der Waals surface area contributed by atoms with Crippen LogP contribution in [0.4, 0.5) is 0 Å². The number of nitrogens with zero attached hydrogens (tertiary/aromatic N) is 1. The van der Waals surface area contributed by atoms with Crippen molar-refractivity contribution in [3.8, 4) is 0 Å².